The van der Waals surface area contributed by atoms with Gasteiger partial charge in [0.1, 0.15) is 5.82 Å². The molecule has 4 heteroatoms. The van der Waals surface area contributed by atoms with Crippen molar-refractivity contribution in [3.63, 3.8) is 0 Å². The summed E-state index contributed by atoms with van der Waals surface area (Å²) in [5.74, 6) is 2.40. The van der Waals surface area contributed by atoms with E-state index in [1.807, 2.05) is 24.4 Å². The highest BCUT2D eigenvalue weighted by Crippen LogP contribution is 2.23. The Kier molecular flexibility index (Phi) is 8.03. The van der Waals surface area contributed by atoms with Crippen molar-refractivity contribution in [3.05, 3.63) is 36.5 Å². The smallest absolute Gasteiger partial charge is 0.232 e. The Morgan fingerprint density at radius 2 is 1.91 bits per heavy atom. The van der Waals surface area contributed by atoms with Crippen molar-refractivity contribution in [2.45, 2.75) is 46.6 Å². The van der Waals surface area contributed by atoms with E-state index in [4.69, 9.17) is 4.74 Å². The summed E-state index contributed by atoms with van der Waals surface area (Å²) in [7, 11) is 0. The fourth-order valence-corrected chi connectivity index (χ4v) is 2.18. The Bertz CT molecular complexity index is 537. The van der Waals surface area contributed by atoms with Crippen LogP contribution < -0.4 is 4.74 Å². The first kappa shape index (κ1) is 18.6. The normalized spacial score (nSPS) is 10.5. The zero-order valence-corrected chi connectivity index (χ0v) is 14.6. The number of benzene rings is 1. The third-order valence-electron chi connectivity index (χ3n) is 3.48. The third kappa shape index (κ3) is 5.38. The number of aromatic nitrogens is 2. The Morgan fingerprint density at radius 1 is 1.18 bits per heavy atom. The maximum absolute atomic E-state index is 5.81. The molecule has 0 saturated heterocycles. The van der Waals surface area contributed by atoms with Crippen molar-refractivity contribution in [1.82, 2.24) is 9.55 Å². The van der Waals surface area contributed by atoms with Crippen LogP contribution in [0.4, 0.5) is 0 Å². The van der Waals surface area contributed by atoms with Crippen LogP contribution in [0.5, 0.6) is 5.88 Å². The maximum Gasteiger partial charge on any atom is 0.232 e. The monoisotopic (exact) mass is 322 g/mol. The van der Waals surface area contributed by atoms with Gasteiger partial charge >= 0.3 is 0 Å². The summed E-state index contributed by atoms with van der Waals surface area (Å²) in [5.41, 5.74) is 1.15. The molecule has 0 atom stereocenters. The number of hydrogen-bond donors (Lipinski definition) is 0. The van der Waals surface area contributed by atoms with E-state index >= 15 is 0 Å². The van der Waals surface area contributed by atoms with E-state index in [0.717, 1.165) is 43.3 Å². The summed E-state index contributed by atoms with van der Waals surface area (Å²) >= 11 is 0. The summed E-state index contributed by atoms with van der Waals surface area (Å²) in [6, 6.07) is 10.3. The van der Waals surface area contributed by atoms with Crippen LogP contribution in [0.15, 0.2) is 36.5 Å². The third-order valence-corrected chi connectivity index (χ3v) is 3.48. The second-order valence-electron chi connectivity index (χ2n) is 5.85. The van der Waals surface area contributed by atoms with Gasteiger partial charge < -0.3 is 9.30 Å². The van der Waals surface area contributed by atoms with Crippen LogP contribution in [0, 0.1) is 5.92 Å². The first-order chi connectivity index (χ1) is 10.2. The largest absolute Gasteiger partial charge is 0.477 e. The first-order valence-electron chi connectivity index (χ1n) is 7.96. The van der Waals surface area contributed by atoms with Gasteiger partial charge in [0.05, 0.1) is 12.8 Å². The molecule has 2 aromatic rings. The molecule has 0 bridgehead atoms. The van der Waals surface area contributed by atoms with Crippen molar-refractivity contribution in [3.8, 4) is 17.3 Å². The molecular formula is C18H27ClN2O. The molecule has 0 aliphatic carbocycles. The van der Waals surface area contributed by atoms with E-state index in [1.165, 1.54) is 6.42 Å². The topological polar surface area (TPSA) is 27.1 Å². The van der Waals surface area contributed by atoms with Crippen LogP contribution in [-0.4, -0.2) is 16.2 Å². The summed E-state index contributed by atoms with van der Waals surface area (Å²) in [6.07, 6.45) is 5.43. The van der Waals surface area contributed by atoms with Gasteiger partial charge in [-0.2, -0.15) is 4.98 Å². The van der Waals surface area contributed by atoms with Gasteiger partial charge in [0.25, 0.3) is 0 Å². The molecule has 0 spiro atoms. The molecule has 1 heterocycles. The van der Waals surface area contributed by atoms with Crippen molar-refractivity contribution < 1.29 is 4.74 Å². The van der Waals surface area contributed by atoms with Gasteiger partial charge in [-0.25, -0.2) is 0 Å². The molecule has 0 radical (unpaired) electrons. The van der Waals surface area contributed by atoms with E-state index in [1.54, 1.807) is 0 Å². The maximum atomic E-state index is 5.81. The van der Waals surface area contributed by atoms with Gasteiger partial charge in [-0.15, -0.1) is 12.4 Å². The lowest BCUT2D eigenvalue weighted by Gasteiger charge is -2.06. The summed E-state index contributed by atoms with van der Waals surface area (Å²) < 4.78 is 8.02. The Morgan fingerprint density at radius 3 is 2.55 bits per heavy atom. The minimum atomic E-state index is 0. The van der Waals surface area contributed by atoms with E-state index < -0.39 is 0 Å². The SMILES string of the molecule is CCCCn1cc(OCCC(C)C)nc1-c1ccccc1.Cl. The standard InChI is InChI=1S/C18H26N2O.ClH/c1-4-5-12-20-14-17(21-13-11-15(2)3)19-18(20)16-9-7-6-8-10-16;/h6-10,14-15H,4-5,11-13H2,1-3H3;1H. The molecule has 0 saturated carbocycles. The Balaban J connectivity index is 0.00000242. The van der Waals surface area contributed by atoms with E-state index in [9.17, 15) is 0 Å². The van der Waals surface area contributed by atoms with Crippen molar-refractivity contribution in [2.75, 3.05) is 6.61 Å². The van der Waals surface area contributed by atoms with E-state index in [2.05, 4.69) is 42.5 Å². The average molecular weight is 323 g/mol. The predicted octanol–water partition coefficient (Wildman–Crippen LogP) is 5.20. The van der Waals surface area contributed by atoms with Gasteiger partial charge in [-0.3, -0.25) is 0 Å². The minimum Gasteiger partial charge on any atom is -0.477 e. The predicted molar refractivity (Wildman–Crippen MR) is 94.8 cm³/mol. The lowest BCUT2D eigenvalue weighted by atomic mass is 10.1. The lowest BCUT2D eigenvalue weighted by Crippen LogP contribution is -2.01. The molecule has 1 aromatic heterocycles. The summed E-state index contributed by atoms with van der Waals surface area (Å²) in [5, 5.41) is 0. The molecule has 3 nitrogen and oxygen atoms in total. The minimum absolute atomic E-state index is 0. The fourth-order valence-electron chi connectivity index (χ4n) is 2.18. The van der Waals surface area contributed by atoms with Gasteiger partial charge in [-0.05, 0) is 18.8 Å². The van der Waals surface area contributed by atoms with Crippen LogP contribution >= 0.6 is 12.4 Å². The summed E-state index contributed by atoms with van der Waals surface area (Å²) in [4.78, 5) is 4.67. The first-order valence-corrected chi connectivity index (χ1v) is 7.96. The number of hydrogen-bond acceptors (Lipinski definition) is 2. The molecule has 0 aliphatic rings. The van der Waals surface area contributed by atoms with Crippen LogP contribution in [0.25, 0.3) is 11.4 Å². The number of nitrogens with zero attached hydrogens (tertiary/aromatic N) is 2. The summed E-state index contributed by atoms with van der Waals surface area (Å²) in [6.45, 7) is 8.34. The molecule has 1 aromatic carbocycles. The second kappa shape index (κ2) is 9.52. The highest BCUT2D eigenvalue weighted by molar-refractivity contribution is 5.85. The molecule has 0 aliphatic heterocycles. The zero-order chi connectivity index (χ0) is 15.1. The van der Waals surface area contributed by atoms with Crippen molar-refractivity contribution >= 4 is 12.4 Å². The molecule has 0 fully saturated rings. The average Bonchev–Trinajstić information content (AvgIpc) is 2.89. The molecule has 2 rings (SSSR count). The van der Waals surface area contributed by atoms with Crippen molar-refractivity contribution in [1.29, 1.82) is 0 Å². The van der Waals surface area contributed by atoms with Gasteiger partial charge in [0, 0.05) is 12.1 Å². The van der Waals surface area contributed by atoms with Crippen LogP contribution in [0.2, 0.25) is 0 Å². The number of imidazole rings is 1. The van der Waals surface area contributed by atoms with Crippen LogP contribution in [-0.2, 0) is 6.54 Å². The highest BCUT2D eigenvalue weighted by atomic mass is 35.5. The highest BCUT2D eigenvalue weighted by Gasteiger charge is 2.10. The molecule has 0 N–H and O–H groups in total. The molecule has 0 unspecified atom stereocenters. The number of ether oxygens (including phenoxy) is 1. The van der Waals surface area contributed by atoms with E-state index in [0.29, 0.717) is 5.92 Å². The Labute approximate surface area is 140 Å². The van der Waals surface area contributed by atoms with Gasteiger partial charge in [-0.1, -0.05) is 57.5 Å². The molecular weight excluding hydrogens is 296 g/mol. The van der Waals surface area contributed by atoms with Crippen LogP contribution in [0.1, 0.15) is 40.0 Å². The number of aryl methyl sites for hydroxylation is 1. The van der Waals surface area contributed by atoms with Crippen molar-refractivity contribution in [2.24, 2.45) is 5.92 Å². The van der Waals surface area contributed by atoms with Gasteiger partial charge in [0.2, 0.25) is 5.88 Å². The lowest BCUT2D eigenvalue weighted by molar-refractivity contribution is 0.280. The fraction of sp³-hybridized carbons (Fsp3) is 0.500. The zero-order valence-electron chi connectivity index (χ0n) is 13.8. The second-order valence-corrected chi connectivity index (χ2v) is 5.85. The molecule has 122 valence electrons. The number of rotatable bonds is 8. The molecule has 0 amide bonds. The van der Waals surface area contributed by atoms with Crippen LogP contribution in [0.3, 0.4) is 0 Å². The molecule has 22 heavy (non-hydrogen) atoms. The number of halogens is 1. The van der Waals surface area contributed by atoms with E-state index in [-0.39, 0.29) is 12.4 Å². The van der Waals surface area contributed by atoms with Gasteiger partial charge in [0.15, 0.2) is 0 Å². The Hall–Kier alpha value is -1.48. The number of unbranched alkanes of at least 4 members (excludes halogenated alkanes) is 1. The quantitative estimate of drug-likeness (QED) is 0.668.